The molecular formula is C32H33N3O2. The Morgan fingerprint density at radius 3 is 2.00 bits per heavy atom. The predicted octanol–water partition coefficient (Wildman–Crippen LogP) is 7.11. The summed E-state index contributed by atoms with van der Waals surface area (Å²) in [6.45, 7) is 14.4. The van der Waals surface area contributed by atoms with Gasteiger partial charge in [-0.2, -0.15) is 0 Å². The van der Waals surface area contributed by atoms with E-state index in [1.54, 1.807) is 0 Å². The quantitative estimate of drug-likeness (QED) is 0.223. The molecule has 0 atom stereocenters. The minimum atomic E-state index is 0.132. The minimum Gasteiger partial charge on any atom is -0.507 e. The van der Waals surface area contributed by atoms with Gasteiger partial charge in [-0.1, -0.05) is 49.0 Å². The van der Waals surface area contributed by atoms with Gasteiger partial charge in [-0.3, -0.25) is 0 Å². The standard InChI is InChI=1S/C32H33N3O2/c1-20-14-16-27(30(36)22(20)3)24(5)33-32(28-17-15-21(2)23(4)31(28)37)34-25(6)29-13-10-18-35(29)19-26-11-8-7-9-12-26/h7-18,36-37H,5,19H2,1-4,6H3. The maximum Gasteiger partial charge on any atom is 0.163 e. The third-order valence-corrected chi connectivity index (χ3v) is 6.87. The lowest BCUT2D eigenvalue weighted by atomic mass is 10.0. The van der Waals surface area contributed by atoms with Gasteiger partial charge < -0.3 is 14.8 Å². The predicted molar refractivity (Wildman–Crippen MR) is 153 cm³/mol. The average molecular weight is 492 g/mol. The van der Waals surface area contributed by atoms with Gasteiger partial charge in [0.05, 0.1) is 22.7 Å². The summed E-state index contributed by atoms with van der Waals surface area (Å²) < 4.78 is 2.13. The monoisotopic (exact) mass is 491 g/mol. The van der Waals surface area contributed by atoms with Crippen LogP contribution in [0.3, 0.4) is 0 Å². The van der Waals surface area contributed by atoms with Gasteiger partial charge in [0, 0.05) is 18.3 Å². The third kappa shape index (κ3) is 5.41. The number of amidine groups is 1. The summed E-state index contributed by atoms with van der Waals surface area (Å²) in [5.74, 6) is 0.607. The van der Waals surface area contributed by atoms with Crippen molar-refractivity contribution in [1.29, 1.82) is 0 Å². The van der Waals surface area contributed by atoms with Crippen molar-refractivity contribution in [2.45, 2.75) is 41.2 Å². The Balaban J connectivity index is 1.81. The van der Waals surface area contributed by atoms with Crippen molar-refractivity contribution in [3.63, 3.8) is 0 Å². The normalized spacial score (nSPS) is 12.1. The maximum atomic E-state index is 11.0. The van der Waals surface area contributed by atoms with E-state index in [9.17, 15) is 10.2 Å². The van der Waals surface area contributed by atoms with Gasteiger partial charge in [-0.05, 0) is 86.7 Å². The lowest BCUT2D eigenvalue weighted by Gasteiger charge is -2.14. The minimum absolute atomic E-state index is 0.132. The van der Waals surface area contributed by atoms with Crippen molar-refractivity contribution in [1.82, 2.24) is 4.57 Å². The molecule has 0 fully saturated rings. The van der Waals surface area contributed by atoms with Crippen LogP contribution in [-0.2, 0) is 6.54 Å². The SMILES string of the molecule is C=C(N=C(N=C(C)c1cccn1Cc1ccccc1)c1ccc(C)c(C)c1O)c1ccc(C)c(C)c1O. The molecule has 37 heavy (non-hydrogen) atoms. The highest BCUT2D eigenvalue weighted by Crippen LogP contribution is 2.32. The molecule has 0 aliphatic carbocycles. The highest BCUT2D eigenvalue weighted by Gasteiger charge is 2.16. The summed E-state index contributed by atoms with van der Waals surface area (Å²) in [6, 6.07) is 21.8. The van der Waals surface area contributed by atoms with Crippen molar-refractivity contribution in [3.05, 3.63) is 124 Å². The number of benzene rings is 3. The molecule has 3 aromatic carbocycles. The van der Waals surface area contributed by atoms with Gasteiger partial charge in [-0.15, -0.1) is 0 Å². The lowest BCUT2D eigenvalue weighted by molar-refractivity contribution is 0.468. The van der Waals surface area contributed by atoms with Gasteiger partial charge in [0.15, 0.2) is 5.84 Å². The van der Waals surface area contributed by atoms with Crippen LogP contribution in [0.2, 0.25) is 0 Å². The molecule has 1 aromatic heterocycles. The molecule has 4 aromatic rings. The van der Waals surface area contributed by atoms with Crippen LogP contribution in [0, 0.1) is 27.7 Å². The Morgan fingerprint density at radius 1 is 0.757 bits per heavy atom. The first-order chi connectivity index (χ1) is 17.7. The van der Waals surface area contributed by atoms with Gasteiger partial charge in [0.25, 0.3) is 0 Å². The number of aromatic hydroxyl groups is 2. The molecule has 0 unspecified atom stereocenters. The van der Waals surface area contributed by atoms with Gasteiger partial charge in [0.1, 0.15) is 11.5 Å². The molecule has 0 bridgehead atoms. The number of hydrogen-bond acceptors (Lipinski definition) is 3. The highest BCUT2D eigenvalue weighted by molar-refractivity contribution is 6.13. The molecule has 0 saturated carbocycles. The van der Waals surface area contributed by atoms with Crippen molar-refractivity contribution >= 4 is 17.2 Å². The van der Waals surface area contributed by atoms with E-state index >= 15 is 0 Å². The molecule has 0 spiro atoms. The van der Waals surface area contributed by atoms with E-state index in [-0.39, 0.29) is 11.5 Å². The van der Waals surface area contributed by atoms with Gasteiger partial charge in [-0.25, -0.2) is 9.98 Å². The zero-order valence-electron chi connectivity index (χ0n) is 22.1. The summed E-state index contributed by atoms with van der Waals surface area (Å²) in [7, 11) is 0. The fraction of sp³-hybridized carbons (Fsp3) is 0.188. The zero-order chi connectivity index (χ0) is 26.7. The zero-order valence-corrected chi connectivity index (χ0v) is 22.1. The molecule has 0 saturated heterocycles. The molecule has 0 aliphatic heterocycles. The summed E-state index contributed by atoms with van der Waals surface area (Å²) in [6.07, 6.45) is 2.03. The molecular weight excluding hydrogens is 458 g/mol. The Morgan fingerprint density at radius 2 is 1.35 bits per heavy atom. The summed E-state index contributed by atoms with van der Waals surface area (Å²) >= 11 is 0. The van der Waals surface area contributed by atoms with Crippen LogP contribution >= 0.6 is 0 Å². The number of rotatable bonds is 6. The first-order valence-corrected chi connectivity index (χ1v) is 12.3. The van der Waals surface area contributed by atoms with E-state index < -0.39 is 0 Å². The van der Waals surface area contributed by atoms with Crippen LogP contribution in [0.5, 0.6) is 11.5 Å². The highest BCUT2D eigenvalue weighted by atomic mass is 16.3. The fourth-order valence-corrected chi connectivity index (χ4v) is 4.23. The Labute approximate surface area is 218 Å². The fourth-order valence-electron chi connectivity index (χ4n) is 4.23. The molecule has 4 rings (SSSR count). The van der Waals surface area contributed by atoms with Crippen LogP contribution in [0.4, 0.5) is 0 Å². The first kappa shape index (κ1) is 25.7. The molecule has 1 heterocycles. The van der Waals surface area contributed by atoms with Crippen LogP contribution in [0.25, 0.3) is 5.70 Å². The van der Waals surface area contributed by atoms with Crippen LogP contribution in [0.1, 0.15) is 51.6 Å². The van der Waals surface area contributed by atoms with E-state index in [2.05, 4.69) is 23.3 Å². The molecule has 0 radical (unpaired) electrons. The Hall–Kier alpha value is -4.38. The van der Waals surface area contributed by atoms with Crippen LogP contribution in [0.15, 0.2) is 89.5 Å². The number of phenolic OH excluding ortho intramolecular Hbond substituents is 2. The van der Waals surface area contributed by atoms with Crippen molar-refractivity contribution in [2.24, 2.45) is 9.98 Å². The average Bonchev–Trinajstić information content (AvgIpc) is 3.34. The van der Waals surface area contributed by atoms with Crippen molar-refractivity contribution in [3.8, 4) is 11.5 Å². The molecule has 188 valence electrons. The molecule has 2 N–H and O–H groups in total. The lowest BCUT2D eigenvalue weighted by Crippen LogP contribution is -2.11. The van der Waals surface area contributed by atoms with E-state index in [0.29, 0.717) is 29.2 Å². The van der Waals surface area contributed by atoms with E-state index in [4.69, 9.17) is 9.98 Å². The van der Waals surface area contributed by atoms with Crippen LogP contribution in [-0.4, -0.2) is 26.3 Å². The van der Waals surface area contributed by atoms with E-state index in [1.807, 2.05) is 95.4 Å². The number of aromatic nitrogens is 1. The van der Waals surface area contributed by atoms with Crippen molar-refractivity contribution < 1.29 is 10.2 Å². The summed E-state index contributed by atoms with van der Waals surface area (Å²) in [5.41, 5.74) is 7.79. The summed E-state index contributed by atoms with van der Waals surface area (Å²) in [4.78, 5) is 9.65. The summed E-state index contributed by atoms with van der Waals surface area (Å²) in [5, 5.41) is 21.8. The third-order valence-electron chi connectivity index (χ3n) is 6.87. The second-order valence-corrected chi connectivity index (χ2v) is 9.39. The molecule has 5 heteroatoms. The number of nitrogens with zero attached hydrogens (tertiary/aromatic N) is 3. The Bertz CT molecular complexity index is 1530. The van der Waals surface area contributed by atoms with Crippen LogP contribution < -0.4 is 0 Å². The number of aliphatic imine (C=N–C) groups is 2. The maximum absolute atomic E-state index is 11.0. The largest absolute Gasteiger partial charge is 0.507 e. The first-order valence-electron chi connectivity index (χ1n) is 12.3. The molecule has 0 aliphatic rings. The number of phenols is 2. The number of hydrogen-bond donors (Lipinski definition) is 2. The van der Waals surface area contributed by atoms with E-state index in [1.165, 1.54) is 5.56 Å². The van der Waals surface area contributed by atoms with E-state index in [0.717, 1.165) is 33.7 Å². The second kappa shape index (κ2) is 10.7. The number of aryl methyl sites for hydroxylation is 2. The Kier molecular flexibility index (Phi) is 7.44. The molecule has 0 amide bonds. The topological polar surface area (TPSA) is 70.1 Å². The van der Waals surface area contributed by atoms with Gasteiger partial charge in [0.2, 0.25) is 0 Å². The van der Waals surface area contributed by atoms with Crippen molar-refractivity contribution in [2.75, 3.05) is 0 Å². The smallest absolute Gasteiger partial charge is 0.163 e. The van der Waals surface area contributed by atoms with Gasteiger partial charge >= 0.3 is 0 Å². The second-order valence-electron chi connectivity index (χ2n) is 9.39. The molecule has 5 nitrogen and oxygen atoms in total.